The Hall–Kier alpha value is -2.42. The molecule has 0 bridgehead atoms. The first kappa shape index (κ1) is 19.9. The highest BCUT2D eigenvalue weighted by Crippen LogP contribution is 2.25. The number of hydrogen-bond acceptors (Lipinski definition) is 5. The van der Waals surface area contributed by atoms with Gasteiger partial charge in [-0.05, 0) is 44.3 Å². The second-order valence-corrected chi connectivity index (χ2v) is 6.67. The van der Waals surface area contributed by atoms with Crippen molar-refractivity contribution in [3.05, 3.63) is 47.8 Å². The van der Waals surface area contributed by atoms with Crippen LogP contribution in [0.4, 0.5) is 5.69 Å². The third-order valence-electron chi connectivity index (χ3n) is 4.56. The van der Waals surface area contributed by atoms with Crippen LogP contribution in [0.1, 0.15) is 31.4 Å². The molecule has 0 aliphatic carbocycles. The van der Waals surface area contributed by atoms with Crippen LogP contribution in [-0.4, -0.2) is 48.0 Å². The quantitative estimate of drug-likeness (QED) is 0.750. The summed E-state index contributed by atoms with van der Waals surface area (Å²) in [4.78, 5) is 8.90. The maximum absolute atomic E-state index is 9.60. The topological polar surface area (TPSA) is 69.2 Å². The SMILES string of the molecule is CCCN(CCN(C)CC)Cc1ccc(-c2cncc(N)c2)c(C#N)c1. The van der Waals surface area contributed by atoms with E-state index >= 15 is 0 Å². The molecule has 2 rings (SSSR count). The van der Waals surface area contributed by atoms with E-state index in [1.807, 2.05) is 18.2 Å². The molecule has 0 unspecified atom stereocenters. The zero-order chi connectivity index (χ0) is 18.9. The minimum atomic E-state index is 0.602. The van der Waals surface area contributed by atoms with Crippen LogP contribution in [0, 0.1) is 11.3 Å². The maximum atomic E-state index is 9.60. The third-order valence-corrected chi connectivity index (χ3v) is 4.56. The summed E-state index contributed by atoms with van der Waals surface area (Å²) in [5.41, 5.74) is 10.0. The van der Waals surface area contributed by atoms with Gasteiger partial charge >= 0.3 is 0 Å². The number of hydrogen-bond donors (Lipinski definition) is 1. The molecule has 26 heavy (non-hydrogen) atoms. The van der Waals surface area contributed by atoms with Gasteiger partial charge in [-0.3, -0.25) is 9.88 Å². The lowest BCUT2D eigenvalue weighted by atomic mass is 9.99. The lowest BCUT2D eigenvalue weighted by Gasteiger charge is -2.25. The molecule has 138 valence electrons. The van der Waals surface area contributed by atoms with Crippen molar-refractivity contribution in [2.24, 2.45) is 0 Å². The molecule has 0 saturated carbocycles. The number of anilines is 1. The van der Waals surface area contributed by atoms with Crippen LogP contribution in [0.25, 0.3) is 11.1 Å². The number of nitrogens with zero attached hydrogens (tertiary/aromatic N) is 4. The lowest BCUT2D eigenvalue weighted by Crippen LogP contribution is -2.33. The van der Waals surface area contributed by atoms with E-state index in [1.165, 1.54) is 0 Å². The maximum Gasteiger partial charge on any atom is 0.0998 e. The van der Waals surface area contributed by atoms with Crippen molar-refractivity contribution in [1.29, 1.82) is 5.26 Å². The molecule has 1 heterocycles. The first-order valence-electron chi connectivity index (χ1n) is 9.22. The van der Waals surface area contributed by atoms with Crippen molar-refractivity contribution in [2.45, 2.75) is 26.8 Å². The van der Waals surface area contributed by atoms with E-state index in [0.717, 1.165) is 55.8 Å². The molecule has 0 radical (unpaired) electrons. The van der Waals surface area contributed by atoms with Gasteiger partial charge in [-0.1, -0.05) is 26.0 Å². The van der Waals surface area contributed by atoms with Crippen molar-refractivity contribution >= 4 is 5.69 Å². The number of aromatic nitrogens is 1. The fraction of sp³-hybridized carbons (Fsp3) is 0.429. The monoisotopic (exact) mass is 351 g/mol. The van der Waals surface area contributed by atoms with E-state index in [4.69, 9.17) is 5.73 Å². The number of likely N-dealkylation sites (N-methyl/N-ethyl adjacent to an activating group) is 1. The highest BCUT2D eigenvalue weighted by atomic mass is 15.2. The number of rotatable bonds is 9. The fourth-order valence-corrected chi connectivity index (χ4v) is 2.95. The largest absolute Gasteiger partial charge is 0.397 e. The Morgan fingerprint density at radius 1 is 1.12 bits per heavy atom. The van der Waals surface area contributed by atoms with Crippen molar-refractivity contribution in [2.75, 3.05) is 39.0 Å². The number of nitrogens with two attached hydrogens (primary N) is 1. The van der Waals surface area contributed by atoms with Crippen molar-refractivity contribution < 1.29 is 0 Å². The standard InChI is InChI=1S/C21H29N5/c1-4-8-26(10-9-25(3)5-2)16-17-6-7-21(18(11-17)13-22)19-12-20(23)15-24-14-19/h6-7,11-12,14-15H,4-5,8-10,16,23H2,1-3H3. The van der Waals surface area contributed by atoms with Gasteiger partial charge in [-0.25, -0.2) is 0 Å². The summed E-state index contributed by atoms with van der Waals surface area (Å²) in [6, 6.07) is 10.3. The van der Waals surface area contributed by atoms with Crippen molar-refractivity contribution in [3.63, 3.8) is 0 Å². The Bertz CT molecular complexity index is 750. The summed E-state index contributed by atoms with van der Waals surface area (Å²) in [6.07, 6.45) is 4.48. The highest BCUT2D eigenvalue weighted by Gasteiger charge is 2.10. The van der Waals surface area contributed by atoms with Crippen LogP contribution in [0.3, 0.4) is 0 Å². The Kier molecular flexibility index (Phi) is 7.58. The summed E-state index contributed by atoms with van der Waals surface area (Å²) >= 11 is 0. The Morgan fingerprint density at radius 2 is 1.92 bits per heavy atom. The van der Waals surface area contributed by atoms with Crippen LogP contribution in [-0.2, 0) is 6.54 Å². The van der Waals surface area contributed by atoms with E-state index in [0.29, 0.717) is 11.3 Å². The van der Waals surface area contributed by atoms with E-state index in [-0.39, 0.29) is 0 Å². The molecule has 1 aromatic heterocycles. The van der Waals surface area contributed by atoms with Crippen LogP contribution < -0.4 is 5.73 Å². The summed E-state index contributed by atoms with van der Waals surface area (Å²) in [5.74, 6) is 0. The van der Waals surface area contributed by atoms with E-state index in [9.17, 15) is 5.26 Å². The number of pyridine rings is 1. The molecule has 2 N–H and O–H groups in total. The van der Waals surface area contributed by atoms with Gasteiger partial charge in [0.15, 0.2) is 0 Å². The van der Waals surface area contributed by atoms with Gasteiger partial charge in [0, 0.05) is 43.2 Å². The second-order valence-electron chi connectivity index (χ2n) is 6.67. The predicted molar refractivity (Wildman–Crippen MR) is 108 cm³/mol. The molecule has 2 aromatic rings. The third kappa shape index (κ3) is 5.55. The van der Waals surface area contributed by atoms with Crippen LogP contribution in [0.15, 0.2) is 36.7 Å². The first-order valence-corrected chi connectivity index (χ1v) is 9.22. The van der Waals surface area contributed by atoms with Crippen LogP contribution in [0.2, 0.25) is 0 Å². The molecule has 0 aliphatic heterocycles. The molecular formula is C21H29N5. The molecule has 5 heteroatoms. The molecule has 5 nitrogen and oxygen atoms in total. The molecule has 0 spiro atoms. The molecule has 0 amide bonds. The molecule has 1 aromatic carbocycles. The van der Waals surface area contributed by atoms with Crippen molar-refractivity contribution in [1.82, 2.24) is 14.8 Å². The Morgan fingerprint density at radius 3 is 2.58 bits per heavy atom. The first-order chi connectivity index (χ1) is 12.6. The van der Waals surface area contributed by atoms with Gasteiger partial charge in [0.25, 0.3) is 0 Å². The molecule has 0 fully saturated rings. The van der Waals surface area contributed by atoms with Gasteiger partial charge < -0.3 is 10.6 Å². The molecule has 0 saturated heterocycles. The predicted octanol–water partition coefficient (Wildman–Crippen LogP) is 3.37. The number of nitriles is 1. The summed E-state index contributed by atoms with van der Waals surface area (Å²) in [6.45, 7) is 9.42. The van der Waals surface area contributed by atoms with Gasteiger partial charge in [0.1, 0.15) is 0 Å². The minimum Gasteiger partial charge on any atom is -0.397 e. The summed E-state index contributed by atoms with van der Waals surface area (Å²) in [5, 5.41) is 9.60. The summed E-state index contributed by atoms with van der Waals surface area (Å²) in [7, 11) is 2.15. The number of benzene rings is 1. The van der Waals surface area contributed by atoms with E-state index in [1.54, 1.807) is 12.4 Å². The van der Waals surface area contributed by atoms with Gasteiger partial charge in [0.2, 0.25) is 0 Å². The minimum absolute atomic E-state index is 0.602. The van der Waals surface area contributed by atoms with Gasteiger partial charge in [-0.2, -0.15) is 5.26 Å². The average Bonchev–Trinajstić information content (AvgIpc) is 2.65. The lowest BCUT2D eigenvalue weighted by molar-refractivity contribution is 0.223. The van der Waals surface area contributed by atoms with E-state index in [2.05, 4.69) is 47.8 Å². The highest BCUT2D eigenvalue weighted by molar-refractivity contribution is 5.72. The van der Waals surface area contributed by atoms with Crippen LogP contribution in [0.5, 0.6) is 0 Å². The van der Waals surface area contributed by atoms with Gasteiger partial charge in [-0.15, -0.1) is 0 Å². The van der Waals surface area contributed by atoms with Crippen molar-refractivity contribution in [3.8, 4) is 17.2 Å². The Labute approximate surface area is 157 Å². The zero-order valence-corrected chi connectivity index (χ0v) is 16.1. The molecule has 0 atom stereocenters. The van der Waals surface area contributed by atoms with Gasteiger partial charge in [0.05, 0.1) is 17.3 Å². The Balaban J connectivity index is 2.18. The zero-order valence-electron chi connectivity index (χ0n) is 16.1. The molecular weight excluding hydrogens is 322 g/mol. The van der Waals surface area contributed by atoms with Crippen LogP contribution >= 0.6 is 0 Å². The number of nitrogen functional groups attached to an aromatic ring is 1. The molecule has 0 aliphatic rings. The average molecular weight is 351 g/mol. The smallest absolute Gasteiger partial charge is 0.0998 e. The fourth-order valence-electron chi connectivity index (χ4n) is 2.95. The normalized spacial score (nSPS) is 11.1. The van der Waals surface area contributed by atoms with E-state index < -0.39 is 0 Å². The summed E-state index contributed by atoms with van der Waals surface area (Å²) < 4.78 is 0. The second kappa shape index (κ2) is 9.91.